The molecule has 3 aliphatic heterocycles. The maximum Gasteiger partial charge on any atom is 0.332 e. The predicted molar refractivity (Wildman–Crippen MR) is 133 cm³/mol. The van der Waals surface area contributed by atoms with Gasteiger partial charge in [-0.25, -0.2) is 9.18 Å². The van der Waals surface area contributed by atoms with Gasteiger partial charge < -0.3 is 19.7 Å². The molecule has 0 saturated carbocycles. The lowest BCUT2D eigenvalue weighted by Gasteiger charge is -2.37. The van der Waals surface area contributed by atoms with Gasteiger partial charge in [0.05, 0.1) is 0 Å². The first-order valence-corrected chi connectivity index (χ1v) is 12.7. The largest absolute Gasteiger partial charge is 0.486 e. The third kappa shape index (κ3) is 3.74. The second kappa shape index (κ2) is 8.34. The lowest BCUT2D eigenvalue weighted by atomic mass is 9.91. The number of aromatic amines is 1. The molecular weight excluding hydrogens is 453 g/mol. The molecular formula is C26H26FN3O3S. The van der Waals surface area contributed by atoms with Crippen molar-refractivity contribution in [2.45, 2.75) is 37.6 Å². The monoisotopic (exact) mass is 479 g/mol. The summed E-state index contributed by atoms with van der Waals surface area (Å²) in [7, 11) is 0. The third-order valence-electron chi connectivity index (χ3n) is 7.06. The Kier molecular flexibility index (Phi) is 5.28. The molecule has 0 radical (unpaired) electrons. The molecule has 1 aromatic heterocycles. The van der Waals surface area contributed by atoms with E-state index in [0.717, 1.165) is 49.2 Å². The lowest BCUT2D eigenvalue weighted by Crippen LogP contribution is -2.39. The molecule has 4 heterocycles. The van der Waals surface area contributed by atoms with Crippen LogP contribution >= 0.6 is 11.8 Å². The zero-order valence-corrected chi connectivity index (χ0v) is 19.6. The van der Waals surface area contributed by atoms with Gasteiger partial charge >= 0.3 is 5.97 Å². The maximum atomic E-state index is 13.5. The minimum atomic E-state index is -1.26. The second-order valence-corrected chi connectivity index (χ2v) is 10.4. The summed E-state index contributed by atoms with van der Waals surface area (Å²) in [5.74, 6) is -0.0548. The maximum absolute atomic E-state index is 13.5. The Morgan fingerprint density at radius 1 is 1.21 bits per heavy atom. The number of carboxylic acids is 1. The van der Waals surface area contributed by atoms with E-state index >= 15 is 0 Å². The number of nitrogens with zero attached hydrogens (tertiary/aromatic N) is 2. The van der Waals surface area contributed by atoms with Crippen LogP contribution in [-0.4, -0.2) is 52.1 Å². The van der Waals surface area contributed by atoms with Crippen LogP contribution < -0.4 is 9.64 Å². The van der Waals surface area contributed by atoms with E-state index in [0.29, 0.717) is 16.3 Å². The zero-order chi connectivity index (χ0) is 23.3. The molecule has 0 aliphatic carbocycles. The van der Waals surface area contributed by atoms with E-state index in [2.05, 4.69) is 27.0 Å². The summed E-state index contributed by atoms with van der Waals surface area (Å²) in [6.45, 7) is 2.48. The van der Waals surface area contributed by atoms with Gasteiger partial charge in [-0.1, -0.05) is 6.07 Å². The molecule has 1 atom stereocenters. The van der Waals surface area contributed by atoms with Crippen LogP contribution in [0.1, 0.15) is 29.7 Å². The molecule has 6 rings (SSSR count). The minimum Gasteiger partial charge on any atom is -0.486 e. The number of aromatic nitrogens is 1. The van der Waals surface area contributed by atoms with Gasteiger partial charge in [-0.05, 0) is 67.0 Å². The SMILES string of the molecule is O=C(O)C1(Cc2cc3ccc(F)cc3[nH]2)CSC(COc2ccc3c4c2CCCN4CCC3)=N1. The van der Waals surface area contributed by atoms with Gasteiger partial charge in [-0.15, -0.1) is 11.8 Å². The Morgan fingerprint density at radius 3 is 2.91 bits per heavy atom. The second-order valence-electron chi connectivity index (χ2n) is 9.37. The van der Waals surface area contributed by atoms with E-state index in [-0.39, 0.29) is 18.8 Å². The van der Waals surface area contributed by atoms with Crippen molar-refractivity contribution >= 4 is 39.4 Å². The van der Waals surface area contributed by atoms with E-state index in [1.54, 1.807) is 6.07 Å². The standard InChI is InChI=1S/C26H26FN3O3S/c27-18-7-5-17-11-19(28-21(17)12-18)13-26(25(31)32)15-34-23(29-26)14-33-22-8-6-16-3-1-9-30-10-2-4-20(22)24(16)30/h5-8,11-12,28H,1-4,9-10,13-15H2,(H,31,32). The molecule has 0 fully saturated rings. The van der Waals surface area contributed by atoms with Crippen LogP contribution in [0.3, 0.4) is 0 Å². The third-order valence-corrected chi connectivity index (χ3v) is 8.22. The van der Waals surface area contributed by atoms with Crippen molar-refractivity contribution in [3.8, 4) is 5.75 Å². The number of carboxylic acid groups (broad SMARTS) is 1. The number of nitrogens with one attached hydrogen (secondary N) is 1. The zero-order valence-electron chi connectivity index (χ0n) is 18.8. The smallest absolute Gasteiger partial charge is 0.332 e. The fourth-order valence-corrected chi connectivity index (χ4v) is 6.52. The van der Waals surface area contributed by atoms with Crippen LogP contribution in [0.15, 0.2) is 41.4 Å². The number of hydrogen-bond acceptors (Lipinski definition) is 5. The molecule has 0 amide bonds. The number of anilines is 1. The summed E-state index contributed by atoms with van der Waals surface area (Å²) in [5.41, 5.74) is 4.17. The number of thioether (sulfide) groups is 1. The highest BCUT2D eigenvalue weighted by Crippen LogP contribution is 2.40. The molecule has 0 spiro atoms. The van der Waals surface area contributed by atoms with Crippen molar-refractivity contribution in [2.24, 2.45) is 4.99 Å². The quantitative estimate of drug-likeness (QED) is 0.541. The van der Waals surface area contributed by atoms with Gasteiger partial charge in [0, 0.05) is 47.7 Å². The number of carbonyl (C=O) groups is 1. The first-order chi connectivity index (χ1) is 16.5. The molecule has 0 saturated heterocycles. The summed E-state index contributed by atoms with van der Waals surface area (Å²) in [4.78, 5) is 22.6. The normalized spacial score (nSPS) is 21.4. The molecule has 176 valence electrons. The fourth-order valence-electron chi connectivity index (χ4n) is 5.45. The van der Waals surface area contributed by atoms with Gasteiger partial charge in [-0.3, -0.25) is 4.99 Å². The number of halogens is 1. The summed E-state index contributed by atoms with van der Waals surface area (Å²) in [5, 5.41) is 11.6. The van der Waals surface area contributed by atoms with Gasteiger partial charge in [0.25, 0.3) is 0 Å². The molecule has 8 heteroatoms. The first kappa shape index (κ1) is 21.5. The van der Waals surface area contributed by atoms with Gasteiger partial charge in [-0.2, -0.15) is 0 Å². The van der Waals surface area contributed by atoms with Crippen molar-refractivity contribution in [1.29, 1.82) is 0 Å². The van der Waals surface area contributed by atoms with Crippen molar-refractivity contribution in [1.82, 2.24) is 4.98 Å². The highest BCUT2D eigenvalue weighted by atomic mass is 32.2. The van der Waals surface area contributed by atoms with Crippen LogP contribution in [0.25, 0.3) is 10.9 Å². The number of rotatable bonds is 6. The van der Waals surface area contributed by atoms with Crippen molar-refractivity contribution in [2.75, 3.05) is 30.3 Å². The molecule has 34 heavy (non-hydrogen) atoms. The van der Waals surface area contributed by atoms with E-state index in [4.69, 9.17) is 4.74 Å². The predicted octanol–water partition coefficient (Wildman–Crippen LogP) is 4.60. The Bertz CT molecular complexity index is 1320. The molecule has 6 nitrogen and oxygen atoms in total. The Morgan fingerprint density at radius 2 is 2.06 bits per heavy atom. The summed E-state index contributed by atoms with van der Waals surface area (Å²) < 4.78 is 19.8. The first-order valence-electron chi connectivity index (χ1n) is 11.8. The summed E-state index contributed by atoms with van der Waals surface area (Å²) in [6.07, 6.45) is 4.66. The van der Waals surface area contributed by atoms with Gasteiger partial charge in [0.1, 0.15) is 23.2 Å². The van der Waals surface area contributed by atoms with E-state index < -0.39 is 11.5 Å². The van der Waals surface area contributed by atoms with Crippen molar-refractivity contribution in [3.05, 3.63) is 59.0 Å². The number of ether oxygens (including phenoxy) is 1. The number of benzene rings is 2. The highest BCUT2D eigenvalue weighted by Gasteiger charge is 2.43. The Balaban J connectivity index is 1.22. The number of aliphatic imine (C=N–C) groups is 1. The molecule has 3 aliphatic rings. The van der Waals surface area contributed by atoms with E-state index in [9.17, 15) is 14.3 Å². The number of fused-ring (bicyclic) bond motifs is 1. The van der Waals surface area contributed by atoms with Crippen LogP contribution in [0.5, 0.6) is 5.75 Å². The summed E-state index contributed by atoms with van der Waals surface area (Å²) >= 11 is 1.44. The Labute approximate surface area is 201 Å². The van der Waals surface area contributed by atoms with Crippen LogP contribution in [0, 0.1) is 5.82 Å². The van der Waals surface area contributed by atoms with E-state index in [1.807, 2.05) is 6.07 Å². The van der Waals surface area contributed by atoms with E-state index in [1.165, 1.54) is 47.1 Å². The number of H-pyrrole nitrogens is 1. The summed E-state index contributed by atoms with van der Waals surface area (Å²) in [6, 6.07) is 10.6. The fraction of sp³-hybridized carbons (Fsp3) is 0.385. The molecule has 2 aromatic carbocycles. The number of hydrogen-bond donors (Lipinski definition) is 2. The average molecular weight is 480 g/mol. The number of aliphatic carboxylic acids is 1. The Hall–Kier alpha value is -3.00. The average Bonchev–Trinajstić information content (AvgIpc) is 3.43. The minimum absolute atomic E-state index is 0.216. The molecule has 1 unspecified atom stereocenters. The van der Waals surface area contributed by atoms with Crippen LogP contribution in [0.2, 0.25) is 0 Å². The van der Waals surface area contributed by atoms with Crippen LogP contribution in [0.4, 0.5) is 10.1 Å². The lowest BCUT2D eigenvalue weighted by molar-refractivity contribution is -0.142. The molecule has 2 N–H and O–H groups in total. The van der Waals surface area contributed by atoms with Crippen molar-refractivity contribution < 1.29 is 19.0 Å². The van der Waals surface area contributed by atoms with Gasteiger partial charge in [0.2, 0.25) is 0 Å². The topological polar surface area (TPSA) is 77.9 Å². The molecule has 3 aromatic rings. The molecule has 0 bridgehead atoms. The number of aryl methyl sites for hydroxylation is 1. The highest BCUT2D eigenvalue weighted by molar-refractivity contribution is 8.14. The van der Waals surface area contributed by atoms with Gasteiger partial charge in [0.15, 0.2) is 5.54 Å². The van der Waals surface area contributed by atoms with Crippen molar-refractivity contribution in [3.63, 3.8) is 0 Å². The van der Waals surface area contributed by atoms with Crippen LogP contribution in [-0.2, 0) is 24.1 Å².